The molecule has 19 heavy (non-hydrogen) atoms. The van der Waals surface area contributed by atoms with Crippen molar-refractivity contribution in [2.45, 2.75) is 37.8 Å². The van der Waals surface area contributed by atoms with E-state index in [1.54, 1.807) is 7.11 Å². The molecule has 106 valence electrons. The van der Waals surface area contributed by atoms with Gasteiger partial charge in [0.1, 0.15) is 11.6 Å². The second-order valence-electron chi connectivity index (χ2n) is 4.87. The van der Waals surface area contributed by atoms with Crippen molar-refractivity contribution in [3.63, 3.8) is 0 Å². The Balaban J connectivity index is 2.47. The molecule has 1 aromatic rings. The van der Waals surface area contributed by atoms with Crippen molar-refractivity contribution in [1.82, 2.24) is 5.32 Å². The van der Waals surface area contributed by atoms with E-state index < -0.39 is 23.3 Å². The molecule has 0 radical (unpaired) electrons. The van der Waals surface area contributed by atoms with Gasteiger partial charge in [0.25, 0.3) is 0 Å². The zero-order valence-corrected chi connectivity index (χ0v) is 12.7. The Labute approximate surface area is 120 Å². The first-order chi connectivity index (χ1) is 9.05. The van der Waals surface area contributed by atoms with Gasteiger partial charge in [0.15, 0.2) is 0 Å². The second kappa shape index (κ2) is 5.85. The Kier molecular flexibility index (Phi) is 4.58. The van der Waals surface area contributed by atoms with Crippen molar-refractivity contribution in [1.29, 1.82) is 0 Å². The van der Waals surface area contributed by atoms with E-state index in [1.807, 2.05) is 6.92 Å². The minimum Gasteiger partial charge on any atom is -0.376 e. The van der Waals surface area contributed by atoms with Crippen LogP contribution in [0.15, 0.2) is 16.6 Å². The molecule has 0 spiro atoms. The molecule has 2 rings (SSSR count). The molecule has 0 amide bonds. The zero-order valence-electron chi connectivity index (χ0n) is 11.1. The van der Waals surface area contributed by atoms with Crippen LogP contribution in [0.2, 0.25) is 0 Å². The van der Waals surface area contributed by atoms with E-state index in [2.05, 4.69) is 21.2 Å². The van der Waals surface area contributed by atoms with Gasteiger partial charge in [-0.25, -0.2) is 8.78 Å². The van der Waals surface area contributed by atoms with Crippen molar-refractivity contribution in [3.05, 3.63) is 33.8 Å². The Bertz CT molecular complexity index is 457. The molecule has 0 heterocycles. The van der Waals surface area contributed by atoms with Crippen molar-refractivity contribution in [3.8, 4) is 0 Å². The number of ether oxygens (including phenoxy) is 1. The maximum atomic E-state index is 14.3. The Morgan fingerprint density at radius 2 is 2.11 bits per heavy atom. The first-order valence-electron chi connectivity index (χ1n) is 6.47. The predicted molar refractivity (Wildman–Crippen MR) is 74.1 cm³/mol. The first kappa shape index (κ1) is 14.9. The highest BCUT2D eigenvalue weighted by atomic mass is 79.9. The third kappa shape index (κ3) is 2.56. The van der Waals surface area contributed by atoms with Crippen LogP contribution in [0.3, 0.4) is 0 Å². The molecule has 2 nitrogen and oxygen atoms in total. The van der Waals surface area contributed by atoms with Crippen LogP contribution in [-0.4, -0.2) is 19.3 Å². The molecular weight excluding hydrogens is 316 g/mol. The molecule has 1 fully saturated rings. The van der Waals surface area contributed by atoms with E-state index in [9.17, 15) is 8.78 Å². The smallest absolute Gasteiger partial charge is 0.145 e. The van der Waals surface area contributed by atoms with Crippen LogP contribution in [0, 0.1) is 11.6 Å². The topological polar surface area (TPSA) is 21.3 Å². The minimum atomic E-state index is -0.547. The van der Waals surface area contributed by atoms with E-state index in [1.165, 1.54) is 12.1 Å². The number of nitrogens with one attached hydrogen (secondary N) is 1. The molecule has 0 saturated heterocycles. The van der Waals surface area contributed by atoms with Gasteiger partial charge in [0, 0.05) is 12.7 Å². The standard InChI is InChI=1S/C14H18BrF2NO/c1-3-18-13(14(19-2)7-4-8-14)11-10(16)6-5-9(15)12(11)17/h5-6,13,18H,3-4,7-8H2,1-2H3. The van der Waals surface area contributed by atoms with Gasteiger partial charge in [-0.15, -0.1) is 0 Å². The summed E-state index contributed by atoms with van der Waals surface area (Å²) in [6.07, 6.45) is 2.64. The van der Waals surface area contributed by atoms with E-state index in [-0.39, 0.29) is 10.0 Å². The Morgan fingerprint density at radius 1 is 1.42 bits per heavy atom. The van der Waals surface area contributed by atoms with Gasteiger partial charge < -0.3 is 10.1 Å². The fourth-order valence-corrected chi connectivity index (χ4v) is 3.04. The van der Waals surface area contributed by atoms with Gasteiger partial charge in [0.05, 0.1) is 16.1 Å². The van der Waals surface area contributed by atoms with Crippen molar-refractivity contribution in [2.24, 2.45) is 0 Å². The number of methoxy groups -OCH3 is 1. The summed E-state index contributed by atoms with van der Waals surface area (Å²) in [5.74, 6) is -1.08. The van der Waals surface area contributed by atoms with E-state index in [0.29, 0.717) is 6.54 Å². The summed E-state index contributed by atoms with van der Waals surface area (Å²) in [5.41, 5.74) is -0.434. The van der Waals surface area contributed by atoms with Crippen LogP contribution in [0.5, 0.6) is 0 Å². The lowest BCUT2D eigenvalue weighted by atomic mass is 9.72. The molecule has 1 N–H and O–H groups in total. The summed E-state index contributed by atoms with van der Waals surface area (Å²) in [7, 11) is 1.61. The van der Waals surface area contributed by atoms with Crippen LogP contribution in [0.4, 0.5) is 8.78 Å². The SMILES string of the molecule is CCNC(c1c(F)ccc(Br)c1F)C1(OC)CCC1. The quantitative estimate of drug-likeness (QED) is 0.824. The van der Waals surface area contributed by atoms with Gasteiger partial charge in [-0.1, -0.05) is 6.92 Å². The molecule has 1 aliphatic rings. The Hall–Kier alpha value is -0.520. The fourth-order valence-electron chi connectivity index (χ4n) is 2.70. The number of rotatable bonds is 5. The monoisotopic (exact) mass is 333 g/mol. The summed E-state index contributed by atoms with van der Waals surface area (Å²) in [6, 6.07) is 2.21. The Morgan fingerprint density at radius 3 is 2.58 bits per heavy atom. The molecule has 1 unspecified atom stereocenters. The van der Waals surface area contributed by atoms with Crippen molar-refractivity contribution < 1.29 is 13.5 Å². The molecule has 5 heteroatoms. The van der Waals surface area contributed by atoms with Crippen molar-refractivity contribution in [2.75, 3.05) is 13.7 Å². The average Bonchev–Trinajstić information content (AvgIpc) is 2.34. The largest absolute Gasteiger partial charge is 0.376 e. The highest BCUT2D eigenvalue weighted by Crippen LogP contribution is 2.46. The maximum Gasteiger partial charge on any atom is 0.145 e. The van der Waals surface area contributed by atoms with Gasteiger partial charge in [0.2, 0.25) is 0 Å². The van der Waals surface area contributed by atoms with Crippen molar-refractivity contribution >= 4 is 15.9 Å². The third-order valence-electron chi connectivity index (χ3n) is 3.91. The van der Waals surface area contributed by atoms with Crippen LogP contribution in [-0.2, 0) is 4.74 Å². The molecule has 1 aliphatic carbocycles. The van der Waals surface area contributed by atoms with Gasteiger partial charge in [-0.2, -0.15) is 0 Å². The van der Waals surface area contributed by atoms with Gasteiger partial charge in [-0.05, 0) is 53.9 Å². The summed E-state index contributed by atoms with van der Waals surface area (Å²) >= 11 is 3.12. The first-order valence-corrected chi connectivity index (χ1v) is 7.27. The molecule has 0 aliphatic heterocycles. The summed E-state index contributed by atoms with van der Waals surface area (Å²) < 4.78 is 34.2. The summed E-state index contributed by atoms with van der Waals surface area (Å²) in [5, 5.41) is 3.18. The number of halogens is 3. The van der Waals surface area contributed by atoms with E-state index >= 15 is 0 Å². The highest BCUT2D eigenvalue weighted by molar-refractivity contribution is 9.10. The predicted octanol–water partition coefficient (Wildman–Crippen LogP) is 3.95. The maximum absolute atomic E-state index is 14.3. The van der Waals surface area contributed by atoms with Crippen LogP contribution < -0.4 is 5.32 Å². The van der Waals surface area contributed by atoms with Crippen LogP contribution >= 0.6 is 15.9 Å². The molecule has 1 aromatic carbocycles. The lowest BCUT2D eigenvalue weighted by molar-refractivity contribution is -0.101. The van der Waals surface area contributed by atoms with E-state index in [0.717, 1.165) is 19.3 Å². The zero-order chi connectivity index (χ0) is 14.0. The van der Waals surface area contributed by atoms with Crippen LogP contribution in [0.1, 0.15) is 37.8 Å². The lowest BCUT2D eigenvalue weighted by Crippen LogP contribution is -2.51. The van der Waals surface area contributed by atoms with E-state index in [4.69, 9.17) is 4.74 Å². The lowest BCUT2D eigenvalue weighted by Gasteiger charge is -2.47. The third-order valence-corrected chi connectivity index (χ3v) is 4.52. The number of benzene rings is 1. The number of hydrogen-bond acceptors (Lipinski definition) is 2. The normalized spacial score (nSPS) is 19.0. The molecular formula is C14H18BrF2NO. The number of likely N-dealkylation sites (N-methyl/N-ethyl adjacent to an activating group) is 1. The second-order valence-corrected chi connectivity index (χ2v) is 5.72. The summed E-state index contributed by atoms with van der Waals surface area (Å²) in [4.78, 5) is 0. The molecule has 0 aromatic heterocycles. The average molecular weight is 334 g/mol. The highest BCUT2D eigenvalue weighted by Gasteiger charge is 2.47. The summed E-state index contributed by atoms with van der Waals surface area (Å²) in [6.45, 7) is 2.55. The molecule has 0 bridgehead atoms. The fraction of sp³-hybridized carbons (Fsp3) is 0.571. The van der Waals surface area contributed by atoms with Gasteiger partial charge in [-0.3, -0.25) is 0 Å². The molecule has 1 atom stereocenters. The molecule has 1 saturated carbocycles. The minimum absolute atomic E-state index is 0.0674. The van der Waals surface area contributed by atoms with Gasteiger partial charge >= 0.3 is 0 Å². The number of hydrogen-bond donors (Lipinski definition) is 1. The van der Waals surface area contributed by atoms with Crippen LogP contribution in [0.25, 0.3) is 0 Å².